The van der Waals surface area contributed by atoms with Crippen molar-refractivity contribution in [3.63, 3.8) is 0 Å². The zero-order valence-electron chi connectivity index (χ0n) is 30.3. The molecule has 6 aromatic carbocycles. The number of hydrogen-bond acceptors (Lipinski definition) is 9. The standard InChI is InChI=1S/C44H30N4O10/c1-25(49)46-30-8-3-10-32(21-30)57-34-12-5-13-35(23-34)58-33-11-4-9-31(22-33)48-42(52)39-20-28(15-17-37(39)44(55)56)40(50)27-14-16-36(43(53)54)38(19-27)41(51)47-29-7-2-6-26(18-29)24-45/h2-23H,1H3,(H,46,49)(H,47,51)(H,48,52)(H,53,54)(H,55,56). The van der Waals surface area contributed by atoms with Gasteiger partial charge in [-0.25, -0.2) is 9.59 Å². The van der Waals surface area contributed by atoms with Gasteiger partial charge in [0.15, 0.2) is 5.78 Å². The summed E-state index contributed by atoms with van der Waals surface area (Å²) in [4.78, 5) is 76.1. The Hall–Kier alpha value is -8.57. The number of ketones is 1. The van der Waals surface area contributed by atoms with Gasteiger partial charge in [0.05, 0.1) is 33.9 Å². The zero-order chi connectivity index (χ0) is 41.3. The maximum absolute atomic E-state index is 13.7. The van der Waals surface area contributed by atoms with Gasteiger partial charge in [0.2, 0.25) is 5.91 Å². The van der Waals surface area contributed by atoms with E-state index in [1.54, 1.807) is 66.7 Å². The van der Waals surface area contributed by atoms with Gasteiger partial charge in [-0.3, -0.25) is 19.2 Å². The third-order valence-corrected chi connectivity index (χ3v) is 8.29. The van der Waals surface area contributed by atoms with E-state index in [-0.39, 0.29) is 45.1 Å². The van der Waals surface area contributed by atoms with Crippen molar-refractivity contribution in [3.8, 4) is 29.1 Å². The van der Waals surface area contributed by atoms with E-state index in [9.17, 15) is 44.2 Å². The first kappa shape index (κ1) is 39.1. The van der Waals surface area contributed by atoms with Crippen LogP contribution in [0.25, 0.3) is 0 Å². The molecule has 0 fully saturated rings. The SMILES string of the molecule is CC(=O)Nc1cccc(Oc2cccc(Oc3cccc(NC(=O)c4cc(C(=O)c5ccc(C(=O)O)c(C(=O)Nc6cccc(C#N)c6)c5)ccc4C(=O)O)c3)c2)c1. The number of carboxylic acids is 2. The van der Waals surface area contributed by atoms with Gasteiger partial charge in [0.1, 0.15) is 23.0 Å². The first-order valence-corrected chi connectivity index (χ1v) is 17.2. The van der Waals surface area contributed by atoms with Gasteiger partial charge in [0, 0.05) is 53.3 Å². The molecule has 14 nitrogen and oxygen atoms in total. The molecule has 0 aliphatic carbocycles. The third kappa shape index (κ3) is 9.56. The summed E-state index contributed by atoms with van der Waals surface area (Å²) in [6.07, 6.45) is 0. The van der Waals surface area contributed by atoms with Crippen LogP contribution in [0.3, 0.4) is 0 Å². The second-order valence-corrected chi connectivity index (χ2v) is 12.5. The van der Waals surface area contributed by atoms with Gasteiger partial charge >= 0.3 is 11.9 Å². The number of carbonyl (C=O) groups is 6. The molecule has 286 valence electrons. The molecule has 58 heavy (non-hydrogen) atoms. The molecule has 6 aromatic rings. The fourth-order valence-corrected chi connectivity index (χ4v) is 5.70. The van der Waals surface area contributed by atoms with E-state index in [4.69, 9.17) is 9.47 Å². The molecule has 0 saturated heterocycles. The van der Waals surface area contributed by atoms with Crippen LogP contribution in [0, 0.1) is 11.3 Å². The number of amides is 3. The lowest BCUT2D eigenvalue weighted by Crippen LogP contribution is -2.19. The Morgan fingerprint density at radius 1 is 0.500 bits per heavy atom. The van der Waals surface area contributed by atoms with E-state index in [2.05, 4.69) is 16.0 Å². The molecule has 0 spiro atoms. The molecule has 0 aromatic heterocycles. The summed E-state index contributed by atoms with van der Waals surface area (Å²) in [5.41, 5.74) is -0.468. The summed E-state index contributed by atoms with van der Waals surface area (Å²) < 4.78 is 11.9. The van der Waals surface area contributed by atoms with Gasteiger partial charge in [-0.05, 0) is 78.9 Å². The minimum atomic E-state index is -1.43. The van der Waals surface area contributed by atoms with Crippen molar-refractivity contribution >= 4 is 52.5 Å². The molecule has 0 unspecified atom stereocenters. The third-order valence-electron chi connectivity index (χ3n) is 8.29. The number of anilines is 3. The minimum absolute atomic E-state index is 0.117. The number of rotatable bonds is 13. The lowest BCUT2D eigenvalue weighted by Gasteiger charge is -2.13. The van der Waals surface area contributed by atoms with Crippen LogP contribution in [-0.4, -0.2) is 45.7 Å². The Bertz CT molecular complexity index is 2680. The summed E-state index contributed by atoms with van der Waals surface area (Å²) in [5.74, 6) is -3.92. The number of nitrogens with zero attached hydrogens (tertiary/aromatic N) is 1. The van der Waals surface area contributed by atoms with Crippen molar-refractivity contribution in [2.75, 3.05) is 16.0 Å². The number of aromatic carboxylic acids is 2. The molecular formula is C44H30N4O10. The molecule has 3 amide bonds. The average Bonchev–Trinajstić information content (AvgIpc) is 3.20. The highest BCUT2D eigenvalue weighted by Gasteiger charge is 2.23. The molecule has 0 heterocycles. The van der Waals surface area contributed by atoms with Crippen LogP contribution < -0.4 is 25.4 Å². The van der Waals surface area contributed by atoms with E-state index in [0.717, 1.165) is 24.3 Å². The number of nitriles is 1. The highest BCUT2D eigenvalue weighted by molar-refractivity contribution is 6.17. The molecule has 0 saturated carbocycles. The number of carbonyl (C=O) groups excluding carboxylic acids is 4. The molecule has 14 heteroatoms. The van der Waals surface area contributed by atoms with Gasteiger partial charge in [0.25, 0.3) is 11.8 Å². The summed E-state index contributed by atoms with van der Waals surface area (Å²) in [5, 5.41) is 36.7. The van der Waals surface area contributed by atoms with Gasteiger partial charge in [-0.2, -0.15) is 5.26 Å². The molecule has 0 bridgehead atoms. The Morgan fingerprint density at radius 2 is 0.914 bits per heavy atom. The maximum atomic E-state index is 13.7. The number of carboxylic acid groups (broad SMARTS) is 2. The second kappa shape index (κ2) is 17.3. The smallest absolute Gasteiger partial charge is 0.336 e. The van der Waals surface area contributed by atoms with Crippen molar-refractivity contribution in [2.24, 2.45) is 0 Å². The molecule has 0 aliphatic heterocycles. The van der Waals surface area contributed by atoms with Crippen molar-refractivity contribution in [2.45, 2.75) is 6.92 Å². The van der Waals surface area contributed by atoms with E-state index in [1.165, 1.54) is 49.4 Å². The first-order chi connectivity index (χ1) is 27.9. The Balaban J connectivity index is 1.20. The van der Waals surface area contributed by atoms with Crippen LogP contribution in [-0.2, 0) is 4.79 Å². The quantitative estimate of drug-likeness (QED) is 0.0703. The second-order valence-electron chi connectivity index (χ2n) is 12.5. The first-order valence-electron chi connectivity index (χ1n) is 17.2. The normalized spacial score (nSPS) is 10.3. The predicted octanol–water partition coefficient (Wildman–Crippen LogP) is 8.23. The van der Waals surface area contributed by atoms with Crippen molar-refractivity contribution < 1.29 is 48.5 Å². The number of nitrogens with one attached hydrogen (secondary N) is 3. The van der Waals surface area contributed by atoms with E-state index >= 15 is 0 Å². The fourth-order valence-electron chi connectivity index (χ4n) is 5.70. The Kier molecular flexibility index (Phi) is 11.7. The van der Waals surface area contributed by atoms with E-state index < -0.39 is 40.7 Å². The van der Waals surface area contributed by atoms with Gasteiger partial charge in [-0.1, -0.05) is 36.4 Å². The molecule has 0 radical (unpaired) electrons. The van der Waals surface area contributed by atoms with E-state index in [0.29, 0.717) is 28.7 Å². The van der Waals surface area contributed by atoms with Crippen LogP contribution in [0.4, 0.5) is 17.1 Å². The molecule has 6 rings (SSSR count). The monoisotopic (exact) mass is 774 g/mol. The lowest BCUT2D eigenvalue weighted by molar-refractivity contribution is -0.114. The highest BCUT2D eigenvalue weighted by Crippen LogP contribution is 2.31. The zero-order valence-corrected chi connectivity index (χ0v) is 30.3. The molecule has 5 N–H and O–H groups in total. The number of hydrogen-bond donors (Lipinski definition) is 5. The van der Waals surface area contributed by atoms with Gasteiger partial charge in [-0.15, -0.1) is 0 Å². The highest BCUT2D eigenvalue weighted by atomic mass is 16.5. The summed E-state index contributed by atoms with van der Waals surface area (Å²) in [6.45, 7) is 1.40. The number of ether oxygens (including phenoxy) is 2. The molecule has 0 atom stereocenters. The molecule has 0 aliphatic rings. The lowest BCUT2D eigenvalue weighted by atomic mass is 9.95. The average molecular weight is 775 g/mol. The van der Waals surface area contributed by atoms with Gasteiger partial charge < -0.3 is 35.6 Å². The minimum Gasteiger partial charge on any atom is -0.478 e. The predicted molar refractivity (Wildman–Crippen MR) is 211 cm³/mol. The number of benzene rings is 6. The fraction of sp³-hybridized carbons (Fsp3) is 0.0227. The van der Waals surface area contributed by atoms with Crippen molar-refractivity contribution in [3.05, 3.63) is 172 Å². The van der Waals surface area contributed by atoms with Crippen LogP contribution in [0.15, 0.2) is 133 Å². The van der Waals surface area contributed by atoms with Crippen LogP contribution >= 0.6 is 0 Å². The van der Waals surface area contributed by atoms with Crippen LogP contribution in [0.5, 0.6) is 23.0 Å². The maximum Gasteiger partial charge on any atom is 0.336 e. The van der Waals surface area contributed by atoms with Crippen molar-refractivity contribution in [1.29, 1.82) is 5.26 Å². The molecular weight excluding hydrogens is 745 g/mol. The Morgan fingerprint density at radius 3 is 1.36 bits per heavy atom. The summed E-state index contributed by atoms with van der Waals surface area (Å²) >= 11 is 0. The Labute approximate surface area is 329 Å². The summed E-state index contributed by atoms with van der Waals surface area (Å²) in [7, 11) is 0. The topological polar surface area (TPSA) is 221 Å². The van der Waals surface area contributed by atoms with Crippen molar-refractivity contribution in [1.82, 2.24) is 0 Å². The largest absolute Gasteiger partial charge is 0.478 e. The van der Waals surface area contributed by atoms with Crippen LogP contribution in [0.1, 0.15) is 69.8 Å². The van der Waals surface area contributed by atoms with E-state index in [1.807, 2.05) is 6.07 Å². The van der Waals surface area contributed by atoms with Crippen LogP contribution in [0.2, 0.25) is 0 Å². The summed E-state index contributed by atoms with van der Waals surface area (Å²) in [6, 6.07) is 34.5.